The van der Waals surface area contributed by atoms with E-state index in [0.29, 0.717) is 0 Å². The van der Waals surface area contributed by atoms with Crippen LogP contribution < -0.4 is 5.32 Å². The molecule has 114 valence electrons. The van der Waals surface area contributed by atoms with Gasteiger partial charge in [-0.05, 0) is 24.1 Å². The molecule has 2 rings (SSSR count). The molecule has 1 saturated heterocycles. The van der Waals surface area contributed by atoms with E-state index in [1.54, 1.807) is 19.1 Å². The summed E-state index contributed by atoms with van der Waals surface area (Å²) in [5.74, 6) is 0.208. The molecule has 6 heteroatoms. The number of hydrogen-bond acceptors (Lipinski definition) is 3. The lowest BCUT2D eigenvalue weighted by atomic mass is 9.99. The zero-order chi connectivity index (χ0) is 13.8. The van der Waals surface area contributed by atoms with Crippen LogP contribution in [0.25, 0.3) is 0 Å². The topological polar surface area (TPSA) is 35.5 Å². The minimum atomic E-state index is -2.33. The van der Waals surface area contributed by atoms with Gasteiger partial charge in [0.1, 0.15) is 5.75 Å². The number of aromatic hydroxyl groups is 1. The maximum Gasteiger partial charge on any atom is 0.240 e. The van der Waals surface area contributed by atoms with Gasteiger partial charge in [0.15, 0.2) is 0 Å². The van der Waals surface area contributed by atoms with E-state index >= 15 is 0 Å². The molecular weight excluding hydrogens is 286 g/mol. The maximum absolute atomic E-state index is 12.8. The summed E-state index contributed by atoms with van der Waals surface area (Å²) in [4.78, 5) is 2.09. The number of rotatable bonds is 4. The van der Waals surface area contributed by atoms with E-state index in [9.17, 15) is 13.9 Å². The Morgan fingerprint density at radius 3 is 2.50 bits per heavy atom. The third kappa shape index (κ3) is 4.30. The van der Waals surface area contributed by atoms with Crippen LogP contribution in [0, 0.1) is 6.92 Å². The molecule has 0 radical (unpaired) electrons. The molecule has 1 aromatic rings. The predicted octanol–water partition coefficient (Wildman–Crippen LogP) is 2.72. The number of halogens is 3. The molecule has 3 nitrogen and oxygen atoms in total. The Hall–Kier alpha value is -0.910. The van der Waals surface area contributed by atoms with Crippen LogP contribution in [-0.2, 0) is 0 Å². The first-order valence-electron chi connectivity index (χ1n) is 6.60. The highest BCUT2D eigenvalue weighted by molar-refractivity contribution is 5.85. The highest BCUT2D eigenvalue weighted by Crippen LogP contribution is 2.30. The highest BCUT2D eigenvalue weighted by Gasteiger charge is 2.25. The van der Waals surface area contributed by atoms with Gasteiger partial charge in [0.2, 0.25) is 6.43 Å². The van der Waals surface area contributed by atoms with E-state index < -0.39 is 6.43 Å². The molecule has 1 atom stereocenters. The number of benzene rings is 1. The number of nitrogens with zero attached hydrogens (tertiary/aromatic N) is 1. The van der Waals surface area contributed by atoms with E-state index in [0.717, 1.165) is 37.3 Å². The quantitative estimate of drug-likeness (QED) is 0.898. The molecule has 0 saturated carbocycles. The highest BCUT2D eigenvalue weighted by atomic mass is 35.5. The second kappa shape index (κ2) is 7.76. The van der Waals surface area contributed by atoms with E-state index in [-0.39, 0.29) is 30.6 Å². The average Bonchev–Trinajstić information content (AvgIpc) is 2.40. The SMILES string of the molecule is Cc1cc([C@@H](CC(F)F)N2CCNCC2)ccc1O.Cl. The normalized spacial score (nSPS) is 17.8. The molecule has 0 aromatic heterocycles. The van der Waals surface area contributed by atoms with Crippen LogP contribution >= 0.6 is 12.4 Å². The molecule has 0 amide bonds. The van der Waals surface area contributed by atoms with E-state index in [4.69, 9.17) is 0 Å². The van der Waals surface area contributed by atoms with Gasteiger partial charge >= 0.3 is 0 Å². The number of piperazine rings is 1. The smallest absolute Gasteiger partial charge is 0.240 e. The number of aryl methyl sites for hydroxylation is 1. The van der Waals surface area contributed by atoms with Gasteiger partial charge in [-0.2, -0.15) is 0 Å². The van der Waals surface area contributed by atoms with Gasteiger partial charge in [0, 0.05) is 38.6 Å². The summed E-state index contributed by atoms with van der Waals surface area (Å²) in [5, 5.41) is 12.8. The van der Waals surface area contributed by atoms with Crippen LogP contribution in [0.5, 0.6) is 5.75 Å². The molecular formula is C14H21ClF2N2O. The van der Waals surface area contributed by atoms with Gasteiger partial charge in [-0.1, -0.05) is 12.1 Å². The number of hydrogen-bond donors (Lipinski definition) is 2. The summed E-state index contributed by atoms with van der Waals surface area (Å²) >= 11 is 0. The van der Waals surface area contributed by atoms with E-state index in [1.165, 1.54) is 0 Å². The van der Waals surface area contributed by atoms with Crippen LogP contribution in [0.4, 0.5) is 8.78 Å². The predicted molar refractivity (Wildman–Crippen MR) is 77.9 cm³/mol. The molecule has 0 unspecified atom stereocenters. The van der Waals surface area contributed by atoms with E-state index in [1.807, 2.05) is 6.07 Å². The van der Waals surface area contributed by atoms with Crippen molar-refractivity contribution in [2.75, 3.05) is 26.2 Å². The fourth-order valence-electron chi connectivity index (χ4n) is 2.54. The molecule has 1 aliphatic heterocycles. The van der Waals surface area contributed by atoms with Crippen molar-refractivity contribution in [1.29, 1.82) is 0 Å². The van der Waals surface area contributed by atoms with Crippen LogP contribution in [0.2, 0.25) is 0 Å². The molecule has 1 heterocycles. The van der Waals surface area contributed by atoms with Gasteiger partial charge in [-0.15, -0.1) is 12.4 Å². The van der Waals surface area contributed by atoms with E-state index in [2.05, 4.69) is 10.2 Å². The third-order valence-electron chi connectivity index (χ3n) is 3.60. The second-order valence-electron chi connectivity index (χ2n) is 4.97. The zero-order valence-corrected chi connectivity index (χ0v) is 12.3. The lowest BCUT2D eigenvalue weighted by Gasteiger charge is -2.35. The zero-order valence-electron chi connectivity index (χ0n) is 11.5. The maximum atomic E-state index is 12.8. The van der Waals surface area contributed by atoms with Crippen molar-refractivity contribution in [3.05, 3.63) is 29.3 Å². The molecule has 20 heavy (non-hydrogen) atoms. The molecule has 1 fully saturated rings. The first kappa shape index (κ1) is 17.1. The van der Waals surface area contributed by atoms with Gasteiger partial charge < -0.3 is 10.4 Å². The van der Waals surface area contributed by atoms with Crippen LogP contribution in [0.1, 0.15) is 23.6 Å². The van der Waals surface area contributed by atoms with Gasteiger partial charge in [0.05, 0.1) is 0 Å². The summed E-state index contributed by atoms with van der Waals surface area (Å²) in [6.45, 7) is 5.00. The fourth-order valence-corrected chi connectivity index (χ4v) is 2.54. The van der Waals surface area contributed by atoms with Crippen molar-refractivity contribution in [2.45, 2.75) is 25.8 Å². The Morgan fingerprint density at radius 1 is 1.30 bits per heavy atom. The summed E-state index contributed by atoms with van der Waals surface area (Å²) < 4.78 is 25.6. The van der Waals surface area contributed by atoms with Crippen LogP contribution in [0.15, 0.2) is 18.2 Å². The van der Waals surface area contributed by atoms with Crippen molar-refractivity contribution in [3.63, 3.8) is 0 Å². The lowest BCUT2D eigenvalue weighted by Crippen LogP contribution is -2.45. The van der Waals surface area contributed by atoms with Gasteiger partial charge in [-0.25, -0.2) is 8.78 Å². The molecule has 1 aromatic carbocycles. The fraction of sp³-hybridized carbons (Fsp3) is 0.571. The summed E-state index contributed by atoms with van der Waals surface area (Å²) in [7, 11) is 0. The number of nitrogens with one attached hydrogen (secondary N) is 1. The Kier molecular flexibility index (Phi) is 6.65. The van der Waals surface area contributed by atoms with Crippen molar-refractivity contribution < 1.29 is 13.9 Å². The van der Waals surface area contributed by atoms with Crippen molar-refractivity contribution >= 4 is 12.4 Å². The molecule has 0 spiro atoms. The molecule has 2 N–H and O–H groups in total. The number of phenolic OH excluding ortho intramolecular Hbond substituents is 1. The Labute approximate surface area is 124 Å². The third-order valence-corrected chi connectivity index (χ3v) is 3.60. The first-order valence-corrected chi connectivity index (χ1v) is 6.60. The monoisotopic (exact) mass is 306 g/mol. The van der Waals surface area contributed by atoms with Crippen molar-refractivity contribution in [3.8, 4) is 5.75 Å². The summed E-state index contributed by atoms with van der Waals surface area (Å²) in [6.07, 6.45) is -2.49. The molecule has 1 aliphatic rings. The Morgan fingerprint density at radius 2 is 1.95 bits per heavy atom. The summed E-state index contributed by atoms with van der Waals surface area (Å²) in [5.41, 5.74) is 1.59. The van der Waals surface area contributed by atoms with Crippen LogP contribution in [-0.4, -0.2) is 42.6 Å². The first-order chi connectivity index (χ1) is 9.08. The largest absolute Gasteiger partial charge is 0.508 e. The standard InChI is InChI=1S/C14H20F2N2O.ClH/c1-10-8-11(2-3-13(10)19)12(9-14(15)16)18-6-4-17-5-7-18;/h2-3,8,12,14,17,19H,4-7,9H2,1H3;1H/t12-;/m1./s1. The number of phenols is 1. The minimum Gasteiger partial charge on any atom is -0.508 e. The Balaban J connectivity index is 0.00000200. The lowest BCUT2D eigenvalue weighted by molar-refractivity contribution is 0.0739. The number of alkyl halides is 2. The van der Waals surface area contributed by atoms with Crippen molar-refractivity contribution in [1.82, 2.24) is 10.2 Å². The minimum absolute atomic E-state index is 0. The van der Waals surface area contributed by atoms with Gasteiger partial charge in [-0.3, -0.25) is 4.90 Å². The van der Waals surface area contributed by atoms with Crippen molar-refractivity contribution in [2.24, 2.45) is 0 Å². The molecule has 0 bridgehead atoms. The van der Waals surface area contributed by atoms with Gasteiger partial charge in [0.25, 0.3) is 0 Å². The molecule has 0 aliphatic carbocycles. The average molecular weight is 307 g/mol. The second-order valence-corrected chi connectivity index (χ2v) is 4.97. The Bertz CT molecular complexity index is 426. The summed E-state index contributed by atoms with van der Waals surface area (Å²) in [6, 6.07) is 4.87. The van der Waals surface area contributed by atoms with Crippen LogP contribution in [0.3, 0.4) is 0 Å².